The molecule has 1 fully saturated rings. The Kier molecular flexibility index (Phi) is 6.86. The summed E-state index contributed by atoms with van der Waals surface area (Å²) in [6.07, 6.45) is 0.190. The summed E-state index contributed by atoms with van der Waals surface area (Å²) < 4.78 is 4.61. The minimum absolute atomic E-state index is 0. The Labute approximate surface area is 89.3 Å². The van der Waals surface area contributed by atoms with E-state index in [4.69, 9.17) is 5.11 Å². The van der Waals surface area contributed by atoms with Gasteiger partial charge in [-0.15, -0.1) is 17.0 Å². The number of aryl methyl sites for hydroxylation is 1. The quantitative estimate of drug-likeness (QED) is 0.769. The van der Waals surface area contributed by atoms with Crippen molar-refractivity contribution in [1.29, 1.82) is 0 Å². The first-order valence-corrected chi connectivity index (χ1v) is 4.07. The summed E-state index contributed by atoms with van der Waals surface area (Å²) in [6, 6.07) is 10.3. The third-order valence-electron chi connectivity index (χ3n) is 1.55. The summed E-state index contributed by atoms with van der Waals surface area (Å²) in [5.41, 5.74) is 1.32. The molecule has 3 heteroatoms. The number of benzene rings is 1. The van der Waals surface area contributed by atoms with Gasteiger partial charge in [0, 0.05) is 0 Å². The molecule has 1 aromatic carbocycles. The molecule has 1 aliphatic heterocycles. The van der Waals surface area contributed by atoms with Gasteiger partial charge in [-0.25, -0.2) is 0 Å². The lowest BCUT2D eigenvalue weighted by Gasteiger charge is -1.82. The van der Waals surface area contributed by atoms with Crippen LogP contribution in [-0.4, -0.2) is 24.4 Å². The van der Waals surface area contributed by atoms with E-state index in [0.29, 0.717) is 0 Å². The van der Waals surface area contributed by atoms with Crippen LogP contribution in [0.2, 0.25) is 0 Å². The van der Waals surface area contributed by atoms with E-state index in [0.717, 1.165) is 6.61 Å². The van der Waals surface area contributed by atoms with Crippen LogP contribution >= 0.6 is 17.0 Å². The van der Waals surface area contributed by atoms with Gasteiger partial charge >= 0.3 is 0 Å². The molecule has 13 heavy (non-hydrogen) atoms. The molecule has 0 spiro atoms. The molecule has 0 radical (unpaired) electrons. The second-order valence-electron chi connectivity index (χ2n) is 2.79. The zero-order valence-electron chi connectivity index (χ0n) is 7.64. The SMILES string of the molecule is Br.Cc1ccccc1.OCC1CO1. The molecule has 1 atom stereocenters. The molecule has 2 rings (SSSR count). The molecule has 74 valence electrons. The molecule has 1 aromatic rings. The predicted molar refractivity (Wildman–Crippen MR) is 58.3 cm³/mol. The van der Waals surface area contributed by atoms with Gasteiger partial charge in [-0.05, 0) is 6.92 Å². The maximum absolute atomic E-state index is 8.08. The van der Waals surface area contributed by atoms with Gasteiger partial charge < -0.3 is 9.84 Å². The monoisotopic (exact) mass is 246 g/mol. The largest absolute Gasteiger partial charge is 0.394 e. The summed E-state index contributed by atoms with van der Waals surface area (Å²) in [5, 5.41) is 8.08. The standard InChI is InChI=1S/C7H8.C3H6O2.BrH/c1-7-5-3-2-4-6-7;4-1-3-2-5-3;/h2-6H,1H3;3-4H,1-2H2;1H. The number of halogens is 1. The van der Waals surface area contributed by atoms with Gasteiger partial charge in [0.2, 0.25) is 0 Å². The van der Waals surface area contributed by atoms with Crippen LogP contribution in [0.25, 0.3) is 0 Å². The Balaban J connectivity index is 0.000000215. The number of hydrogen-bond acceptors (Lipinski definition) is 2. The summed E-state index contributed by atoms with van der Waals surface area (Å²) in [5.74, 6) is 0. The summed E-state index contributed by atoms with van der Waals surface area (Å²) in [4.78, 5) is 0. The molecule has 1 saturated heterocycles. The second-order valence-corrected chi connectivity index (χ2v) is 2.79. The third-order valence-corrected chi connectivity index (χ3v) is 1.55. The van der Waals surface area contributed by atoms with E-state index in [-0.39, 0.29) is 29.7 Å². The predicted octanol–water partition coefficient (Wildman–Crippen LogP) is 1.95. The zero-order valence-corrected chi connectivity index (χ0v) is 9.36. The average Bonchev–Trinajstić information content (AvgIpc) is 2.89. The molecule has 1 aliphatic rings. The fraction of sp³-hybridized carbons (Fsp3) is 0.400. The van der Waals surface area contributed by atoms with Gasteiger partial charge in [-0.1, -0.05) is 35.9 Å². The summed E-state index contributed by atoms with van der Waals surface area (Å²) >= 11 is 0. The maximum Gasteiger partial charge on any atom is 0.104 e. The van der Waals surface area contributed by atoms with E-state index in [2.05, 4.69) is 23.8 Å². The summed E-state index contributed by atoms with van der Waals surface area (Å²) in [7, 11) is 0. The van der Waals surface area contributed by atoms with Crippen molar-refractivity contribution in [2.45, 2.75) is 13.0 Å². The Morgan fingerprint density at radius 2 is 1.92 bits per heavy atom. The lowest BCUT2D eigenvalue weighted by molar-refractivity contribution is 0.244. The van der Waals surface area contributed by atoms with Gasteiger partial charge in [-0.3, -0.25) is 0 Å². The molecule has 0 aliphatic carbocycles. The minimum atomic E-state index is 0. The van der Waals surface area contributed by atoms with Crippen molar-refractivity contribution in [3.63, 3.8) is 0 Å². The van der Waals surface area contributed by atoms with E-state index in [9.17, 15) is 0 Å². The average molecular weight is 247 g/mol. The number of ether oxygens (including phenoxy) is 1. The minimum Gasteiger partial charge on any atom is -0.394 e. The van der Waals surface area contributed by atoms with Crippen molar-refractivity contribution in [3.05, 3.63) is 35.9 Å². The van der Waals surface area contributed by atoms with Crippen LogP contribution in [-0.2, 0) is 4.74 Å². The van der Waals surface area contributed by atoms with Crippen LogP contribution in [0.3, 0.4) is 0 Å². The number of aliphatic hydroxyl groups is 1. The van der Waals surface area contributed by atoms with Crippen LogP contribution < -0.4 is 0 Å². The van der Waals surface area contributed by atoms with Gasteiger partial charge in [0.1, 0.15) is 6.10 Å². The van der Waals surface area contributed by atoms with Crippen LogP contribution in [0.15, 0.2) is 30.3 Å². The maximum atomic E-state index is 8.08. The molecular weight excluding hydrogens is 232 g/mol. The first kappa shape index (κ1) is 12.6. The van der Waals surface area contributed by atoms with E-state index in [1.165, 1.54) is 5.56 Å². The number of rotatable bonds is 1. The number of aliphatic hydroxyl groups excluding tert-OH is 1. The highest BCUT2D eigenvalue weighted by atomic mass is 79.9. The number of epoxide rings is 1. The molecule has 2 nitrogen and oxygen atoms in total. The topological polar surface area (TPSA) is 32.8 Å². The van der Waals surface area contributed by atoms with Crippen LogP contribution in [0.5, 0.6) is 0 Å². The van der Waals surface area contributed by atoms with Crippen molar-refractivity contribution < 1.29 is 9.84 Å². The molecule has 0 bridgehead atoms. The number of hydrogen-bond donors (Lipinski definition) is 1. The fourth-order valence-corrected chi connectivity index (χ4v) is 0.708. The summed E-state index contributed by atoms with van der Waals surface area (Å²) in [6.45, 7) is 3.04. The Morgan fingerprint density at radius 3 is 2.08 bits per heavy atom. The Bertz CT molecular complexity index is 209. The normalized spacial score (nSPS) is 17.8. The van der Waals surface area contributed by atoms with Gasteiger partial charge in [0.15, 0.2) is 0 Å². The van der Waals surface area contributed by atoms with Crippen LogP contribution in [0, 0.1) is 6.92 Å². The first-order chi connectivity index (χ1) is 5.83. The van der Waals surface area contributed by atoms with Gasteiger partial charge in [0.05, 0.1) is 13.2 Å². The third kappa shape index (κ3) is 6.75. The van der Waals surface area contributed by atoms with Crippen molar-refractivity contribution in [2.75, 3.05) is 13.2 Å². The molecule has 0 saturated carbocycles. The van der Waals surface area contributed by atoms with Crippen molar-refractivity contribution in [2.24, 2.45) is 0 Å². The molecule has 0 amide bonds. The van der Waals surface area contributed by atoms with Crippen molar-refractivity contribution in [3.8, 4) is 0 Å². The molecule has 1 N–H and O–H groups in total. The molecule has 1 heterocycles. The first-order valence-electron chi connectivity index (χ1n) is 4.07. The fourth-order valence-electron chi connectivity index (χ4n) is 0.708. The smallest absolute Gasteiger partial charge is 0.104 e. The van der Waals surface area contributed by atoms with Crippen molar-refractivity contribution in [1.82, 2.24) is 0 Å². The highest BCUT2D eigenvalue weighted by Crippen LogP contribution is 2.04. The van der Waals surface area contributed by atoms with Crippen LogP contribution in [0.4, 0.5) is 0 Å². The second kappa shape index (κ2) is 7.06. The van der Waals surface area contributed by atoms with Crippen LogP contribution in [0.1, 0.15) is 5.56 Å². The molecule has 0 aromatic heterocycles. The lowest BCUT2D eigenvalue weighted by Crippen LogP contribution is -1.88. The van der Waals surface area contributed by atoms with E-state index < -0.39 is 0 Å². The van der Waals surface area contributed by atoms with E-state index in [1.807, 2.05) is 18.2 Å². The molecule has 1 unspecified atom stereocenters. The molecular formula is C10H15BrO2. The highest BCUT2D eigenvalue weighted by molar-refractivity contribution is 8.93. The van der Waals surface area contributed by atoms with Gasteiger partial charge in [-0.2, -0.15) is 0 Å². The zero-order chi connectivity index (χ0) is 8.81. The van der Waals surface area contributed by atoms with Gasteiger partial charge in [0.25, 0.3) is 0 Å². The lowest BCUT2D eigenvalue weighted by atomic mass is 10.2. The Hall–Kier alpha value is -0.380. The Morgan fingerprint density at radius 1 is 1.38 bits per heavy atom. The highest BCUT2D eigenvalue weighted by Gasteiger charge is 2.19. The van der Waals surface area contributed by atoms with E-state index in [1.54, 1.807) is 0 Å². The van der Waals surface area contributed by atoms with Crippen molar-refractivity contribution >= 4 is 17.0 Å². The van der Waals surface area contributed by atoms with E-state index >= 15 is 0 Å².